The molecule has 2 aromatic rings. The minimum absolute atomic E-state index is 0.0347. The number of halogens is 1. The fraction of sp³-hybridized carbons (Fsp3) is 0.333. The molecule has 0 aliphatic carbocycles. The molecular formula is C21H23ClN2O5. The average molecular weight is 419 g/mol. The second kappa shape index (κ2) is 9.05. The third-order valence-corrected chi connectivity index (χ3v) is 5.20. The van der Waals surface area contributed by atoms with Gasteiger partial charge in [-0.05, 0) is 53.9 Å². The highest BCUT2D eigenvalue weighted by Gasteiger charge is 2.34. The van der Waals surface area contributed by atoms with Gasteiger partial charge >= 0.3 is 12.0 Å². The lowest BCUT2D eigenvalue weighted by Crippen LogP contribution is -2.43. The zero-order valence-electron chi connectivity index (χ0n) is 16.5. The molecule has 1 N–H and O–H groups in total. The Morgan fingerprint density at radius 2 is 1.76 bits per heavy atom. The number of amides is 2. The Morgan fingerprint density at radius 1 is 1.10 bits per heavy atom. The van der Waals surface area contributed by atoms with Gasteiger partial charge in [0.25, 0.3) is 0 Å². The zero-order valence-corrected chi connectivity index (χ0v) is 17.3. The summed E-state index contributed by atoms with van der Waals surface area (Å²) in [5, 5.41) is 3.45. The predicted molar refractivity (Wildman–Crippen MR) is 110 cm³/mol. The van der Waals surface area contributed by atoms with Crippen LogP contribution in [-0.2, 0) is 16.0 Å². The summed E-state index contributed by atoms with van der Waals surface area (Å²) in [4.78, 5) is 26.7. The average Bonchev–Trinajstić information content (AvgIpc) is 2.74. The zero-order chi connectivity index (χ0) is 21.0. The largest absolute Gasteiger partial charge is 0.493 e. The number of nitrogens with zero attached hydrogens (tertiary/aromatic N) is 1. The number of carbonyl (C=O) groups is 2. The lowest BCUT2D eigenvalue weighted by molar-refractivity contribution is -0.141. The Labute approximate surface area is 174 Å². The summed E-state index contributed by atoms with van der Waals surface area (Å²) in [6.45, 7) is 0.448. The normalized spacial score (nSPS) is 15.3. The Kier molecular flexibility index (Phi) is 6.49. The van der Waals surface area contributed by atoms with Crippen LogP contribution in [0.4, 0.5) is 10.5 Å². The van der Waals surface area contributed by atoms with E-state index in [0.717, 1.165) is 11.1 Å². The molecule has 1 atom stereocenters. The minimum atomic E-state index is -0.488. The third-order valence-electron chi connectivity index (χ3n) is 4.95. The molecule has 2 amide bonds. The lowest BCUT2D eigenvalue weighted by Gasteiger charge is -2.37. The Bertz CT molecular complexity index is 901. The fourth-order valence-electron chi connectivity index (χ4n) is 3.46. The van der Waals surface area contributed by atoms with Crippen molar-refractivity contribution in [2.75, 3.05) is 33.2 Å². The van der Waals surface area contributed by atoms with E-state index in [9.17, 15) is 9.59 Å². The van der Waals surface area contributed by atoms with Crippen LogP contribution in [0.1, 0.15) is 23.6 Å². The summed E-state index contributed by atoms with van der Waals surface area (Å²) in [6.07, 6.45) is 0.661. The lowest BCUT2D eigenvalue weighted by atomic mass is 9.90. The maximum Gasteiger partial charge on any atom is 0.322 e. The van der Waals surface area contributed by atoms with Gasteiger partial charge in [0.15, 0.2) is 11.5 Å². The first-order valence-electron chi connectivity index (χ1n) is 9.11. The van der Waals surface area contributed by atoms with E-state index in [2.05, 4.69) is 5.32 Å². The van der Waals surface area contributed by atoms with Gasteiger partial charge in [0.05, 0.1) is 33.8 Å². The van der Waals surface area contributed by atoms with E-state index < -0.39 is 12.0 Å². The highest BCUT2D eigenvalue weighted by Crippen LogP contribution is 2.39. The summed E-state index contributed by atoms with van der Waals surface area (Å²) >= 11 is 5.91. The van der Waals surface area contributed by atoms with Crippen molar-refractivity contribution in [2.45, 2.75) is 18.9 Å². The molecule has 29 heavy (non-hydrogen) atoms. The number of methoxy groups -OCH3 is 3. The van der Waals surface area contributed by atoms with E-state index in [1.807, 2.05) is 12.1 Å². The number of nitrogens with one attached hydrogen (secondary N) is 1. The van der Waals surface area contributed by atoms with Crippen LogP contribution in [0.2, 0.25) is 5.02 Å². The maximum atomic E-state index is 13.0. The third kappa shape index (κ3) is 4.56. The standard InChI is InChI=1S/C21H23ClN2O5/c1-27-18-10-13-8-9-24(21(26)23-15-6-4-14(22)5-7-15)17(12-20(25)29-3)16(13)11-19(18)28-2/h4-7,10-11,17H,8-9,12H2,1-3H3,(H,23,26). The van der Waals surface area contributed by atoms with E-state index >= 15 is 0 Å². The van der Waals surface area contributed by atoms with E-state index in [-0.39, 0.29) is 12.5 Å². The van der Waals surface area contributed by atoms with Crippen LogP contribution in [0, 0.1) is 0 Å². The van der Waals surface area contributed by atoms with Gasteiger partial charge in [-0.25, -0.2) is 4.79 Å². The van der Waals surface area contributed by atoms with Crippen LogP contribution in [0.25, 0.3) is 0 Å². The molecule has 0 aromatic heterocycles. The number of rotatable bonds is 5. The number of esters is 1. The molecule has 3 rings (SSSR count). The molecule has 0 spiro atoms. The molecule has 7 nitrogen and oxygen atoms in total. The van der Waals surface area contributed by atoms with Crippen molar-refractivity contribution in [3.63, 3.8) is 0 Å². The molecular weight excluding hydrogens is 396 g/mol. The second-order valence-corrected chi connectivity index (χ2v) is 7.02. The van der Waals surface area contributed by atoms with E-state index in [4.69, 9.17) is 25.8 Å². The Balaban J connectivity index is 1.93. The van der Waals surface area contributed by atoms with Crippen LogP contribution in [-0.4, -0.2) is 44.8 Å². The Hall–Kier alpha value is -2.93. The van der Waals surface area contributed by atoms with Gasteiger partial charge in [0, 0.05) is 17.3 Å². The topological polar surface area (TPSA) is 77.1 Å². The van der Waals surface area contributed by atoms with Crippen LogP contribution < -0.4 is 14.8 Å². The molecule has 1 aliphatic heterocycles. The van der Waals surface area contributed by atoms with Crippen molar-refractivity contribution >= 4 is 29.3 Å². The van der Waals surface area contributed by atoms with Crippen molar-refractivity contribution in [3.8, 4) is 11.5 Å². The molecule has 1 aliphatic rings. The molecule has 0 fully saturated rings. The highest BCUT2D eigenvalue weighted by atomic mass is 35.5. The van der Waals surface area contributed by atoms with Gasteiger partial charge in [0.1, 0.15) is 0 Å². The van der Waals surface area contributed by atoms with Crippen LogP contribution >= 0.6 is 11.6 Å². The van der Waals surface area contributed by atoms with Crippen molar-refractivity contribution in [1.29, 1.82) is 0 Å². The van der Waals surface area contributed by atoms with Gasteiger partial charge in [-0.15, -0.1) is 0 Å². The van der Waals surface area contributed by atoms with Crippen molar-refractivity contribution < 1.29 is 23.8 Å². The minimum Gasteiger partial charge on any atom is -0.493 e. The number of fused-ring (bicyclic) bond motifs is 1. The van der Waals surface area contributed by atoms with Gasteiger partial charge < -0.3 is 24.4 Å². The summed E-state index contributed by atoms with van der Waals surface area (Å²) in [5.74, 6) is 0.755. The van der Waals surface area contributed by atoms with Crippen LogP contribution in [0.15, 0.2) is 36.4 Å². The monoisotopic (exact) mass is 418 g/mol. The Morgan fingerprint density at radius 3 is 2.38 bits per heavy atom. The quantitative estimate of drug-likeness (QED) is 0.741. The van der Waals surface area contributed by atoms with Crippen molar-refractivity contribution in [1.82, 2.24) is 4.90 Å². The van der Waals surface area contributed by atoms with Crippen LogP contribution in [0.3, 0.4) is 0 Å². The SMILES string of the molecule is COC(=O)CC1c2cc(OC)c(OC)cc2CCN1C(=O)Nc1ccc(Cl)cc1. The van der Waals surface area contributed by atoms with Gasteiger partial charge in [0.2, 0.25) is 0 Å². The van der Waals surface area contributed by atoms with Crippen molar-refractivity contribution in [3.05, 3.63) is 52.5 Å². The summed E-state index contributed by atoms with van der Waals surface area (Å²) in [6, 6.07) is 9.77. The molecule has 1 heterocycles. The molecule has 1 unspecified atom stereocenters. The van der Waals surface area contributed by atoms with Gasteiger partial charge in [-0.2, -0.15) is 0 Å². The first-order chi connectivity index (χ1) is 14.0. The molecule has 2 aromatic carbocycles. The predicted octanol–water partition coefficient (Wildman–Crippen LogP) is 4.05. The number of urea groups is 1. The summed E-state index contributed by atoms with van der Waals surface area (Å²) in [7, 11) is 4.46. The first-order valence-corrected chi connectivity index (χ1v) is 9.49. The van der Waals surface area contributed by atoms with E-state index in [1.165, 1.54) is 7.11 Å². The fourth-order valence-corrected chi connectivity index (χ4v) is 3.59. The number of benzene rings is 2. The number of hydrogen-bond donors (Lipinski definition) is 1. The van der Waals surface area contributed by atoms with Crippen LogP contribution in [0.5, 0.6) is 11.5 Å². The number of carbonyl (C=O) groups excluding carboxylic acids is 2. The number of ether oxygens (including phenoxy) is 3. The van der Waals surface area contributed by atoms with Gasteiger partial charge in [-0.1, -0.05) is 11.6 Å². The molecule has 0 bridgehead atoms. The number of hydrogen-bond acceptors (Lipinski definition) is 5. The molecule has 0 radical (unpaired) electrons. The smallest absolute Gasteiger partial charge is 0.322 e. The molecule has 154 valence electrons. The summed E-state index contributed by atoms with van der Waals surface area (Å²) < 4.78 is 15.7. The molecule has 0 saturated carbocycles. The maximum absolute atomic E-state index is 13.0. The number of anilines is 1. The van der Waals surface area contributed by atoms with E-state index in [1.54, 1.807) is 43.4 Å². The summed E-state index contributed by atoms with van der Waals surface area (Å²) in [5.41, 5.74) is 2.46. The molecule has 0 saturated heterocycles. The second-order valence-electron chi connectivity index (χ2n) is 6.58. The highest BCUT2D eigenvalue weighted by molar-refractivity contribution is 6.30. The first kappa shape index (κ1) is 20.8. The van der Waals surface area contributed by atoms with Crippen molar-refractivity contribution in [2.24, 2.45) is 0 Å². The molecule has 8 heteroatoms. The van der Waals surface area contributed by atoms with E-state index in [0.29, 0.717) is 35.2 Å². The van der Waals surface area contributed by atoms with Gasteiger partial charge in [-0.3, -0.25) is 4.79 Å².